The van der Waals surface area contributed by atoms with Gasteiger partial charge in [0.25, 0.3) is 0 Å². The van der Waals surface area contributed by atoms with Crippen LogP contribution in [-0.4, -0.2) is 12.5 Å². The molecule has 0 heterocycles. The van der Waals surface area contributed by atoms with Gasteiger partial charge in [-0.05, 0) is 31.2 Å². The molecule has 2 rings (SSSR count). The number of carbonyl (C=O) groups is 1. The van der Waals surface area contributed by atoms with Gasteiger partial charge >= 0.3 is 0 Å². The smallest absolute Gasteiger partial charge is 0.243 e. The Balaban J connectivity index is 1.93. The predicted octanol–water partition coefficient (Wildman–Crippen LogP) is 4.49. The van der Waals surface area contributed by atoms with Crippen LogP contribution in [0.5, 0.6) is 0 Å². The molecular weight excluding hydrogens is 314 g/mol. The number of hydrogen-bond donors (Lipinski definition) is 2. The monoisotopic (exact) mass is 326 g/mol. The van der Waals surface area contributed by atoms with E-state index < -0.39 is 5.82 Å². The normalized spacial score (nSPS) is 10.3. The van der Waals surface area contributed by atoms with Crippen LogP contribution in [-0.2, 0) is 4.79 Å². The summed E-state index contributed by atoms with van der Waals surface area (Å²) in [5.41, 5.74) is 2.30. The van der Waals surface area contributed by atoms with Gasteiger partial charge in [0.1, 0.15) is 0 Å². The Bertz CT molecular complexity index is 636. The third-order valence-corrected chi connectivity index (χ3v) is 3.32. The molecule has 0 aliphatic carbocycles. The predicted molar refractivity (Wildman–Crippen MR) is 84.7 cm³/mol. The largest absolute Gasteiger partial charge is 0.376 e. The lowest BCUT2D eigenvalue weighted by Crippen LogP contribution is -2.21. The van der Waals surface area contributed by atoms with Gasteiger partial charge in [0.15, 0.2) is 5.82 Å². The minimum atomic E-state index is -0.673. The van der Waals surface area contributed by atoms with Gasteiger partial charge in [0.2, 0.25) is 5.91 Å². The molecule has 0 aromatic heterocycles. The Morgan fingerprint density at radius 3 is 2.24 bits per heavy atom. The van der Waals surface area contributed by atoms with Crippen molar-refractivity contribution >= 4 is 40.5 Å². The van der Waals surface area contributed by atoms with E-state index in [0.29, 0.717) is 11.4 Å². The first-order chi connectivity index (χ1) is 9.95. The lowest BCUT2D eigenvalue weighted by molar-refractivity contribution is -0.114. The SMILES string of the molecule is Cc1ccc(NC(=O)CNc2cc(Cl)c(F)c(Cl)c2)cc1. The summed E-state index contributed by atoms with van der Waals surface area (Å²) in [5.74, 6) is -0.900. The molecule has 0 aliphatic rings. The number of hydrogen-bond acceptors (Lipinski definition) is 2. The first kappa shape index (κ1) is 15.6. The molecule has 6 heteroatoms. The van der Waals surface area contributed by atoms with Crippen LogP contribution < -0.4 is 10.6 Å². The van der Waals surface area contributed by atoms with E-state index in [4.69, 9.17) is 23.2 Å². The molecular formula is C15H13Cl2FN2O. The van der Waals surface area contributed by atoms with Crippen molar-refractivity contribution < 1.29 is 9.18 Å². The van der Waals surface area contributed by atoms with Crippen LogP contribution in [0, 0.1) is 12.7 Å². The fourth-order valence-corrected chi connectivity index (χ4v) is 2.17. The number of anilines is 2. The van der Waals surface area contributed by atoms with Crippen molar-refractivity contribution in [3.05, 3.63) is 57.8 Å². The maximum Gasteiger partial charge on any atom is 0.243 e. The zero-order chi connectivity index (χ0) is 15.4. The lowest BCUT2D eigenvalue weighted by Gasteiger charge is -2.09. The van der Waals surface area contributed by atoms with Crippen molar-refractivity contribution in [2.45, 2.75) is 6.92 Å². The first-order valence-corrected chi connectivity index (χ1v) is 6.96. The zero-order valence-electron chi connectivity index (χ0n) is 11.2. The summed E-state index contributed by atoms with van der Waals surface area (Å²) in [5, 5.41) is 5.39. The second-order valence-electron chi connectivity index (χ2n) is 4.52. The van der Waals surface area contributed by atoms with Crippen molar-refractivity contribution in [1.29, 1.82) is 0 Å². The second-order valence-corrected chi connectivity index (χ2v) is 5.34. The Hall–Kier alpha value is -1.78. The molecule has 0 bridgehead atoms. The Morgan fingerprint density at radius 2 is 1.67 bits per heavy atom. The molecule has 2 aromatic rings. The molecule has 0 spiro atoms. The van der Waals surface area contributed by atoms with Gasteiger partial charge in [-0.15, -0.1) is 0 Å². The van der Waals surface area contributed by atoms with Gasteiger partial charge in [-0.2, -0.15) is 0 Å². The van der Waals surface area contributed by atoms with E-state index in [-0.39, 0.29) is 22.5 Å². The second kappa shape index (κ2) is 6.78. The number of benzene rings is 2. The van der Waals surface area contributed by atoms with Crippen LogP contribution in [0.4, 0.5) is 15.8 Å². The Morgan fingerprint density at radius 1 is 1.10 bits per heavy atom. The van der Waals surface area contributed by atoms with Gasteiger partial charge in [-0.25, -0.2) is 4.39 Å². The highest BCUT2D eigenvalue weighted by molar-refractivity contribution is 6.35. The van der Waals surface area contributed by atoms with Gasteiger partial charge in [-0.1, -0.05) is 40.9 Å². The first-order valence-electron chi connectivity index (χ1n) is 6.20. The van der Waals surface area contributed by atoms with Crippen LogP contribution in [0.15, 0.2) is 36.4 Å². The molecule has 1 amide bonds. The topological polar surface area (TPSA) is 41.1 Å². The minimum Gasteiger partial charge on any atom is -0.376 e. The van der Waals surface area contributed by atoms with Gasteiger partial charge in [0, 0.05) is 11.4 Å². The van der Waals surface area contributed by atoms with E-state index in [0.717, 1.165) is 5.56 Å². The summed E-state index contributed by atoms with van der Waals surface area (Å²) in [6.07, 6.45) is 0. The maximum atomic E-state index is 13.3. The summed E-state index contributed by atoms with van der Waals surface area (Å²) >= 11 is 11.4. The molecule has 0 saturated heterocycles. The van der Waals surface area contributed by atoms with E-state index in [1.54, 1.807) is 0 Å². The van der Waals surface area contributed by atoms with Crippen LogP contribution >= 0.6 is 23.2 Å². The van der Waals surface area contributed by atoms with E-state index >= 15 is 0 Å². The van der Waals surface area contributed by atoms with E-state index in [2.05, 4.69) is 10.6 Å². The number of nitrogens with one attached hydrogen (secondary N) is 2. The fourth-order valence-electron chi connectivity index (χ4n) is 1.68. The van der Waals surface area contributed by atoms with Crippen molar-refractivity contribution in [3.63, 3.8) is 0 Å². The molecule has 0 fully saturated rings. The quantitative estimate of drug-likeness (QED) is 0.812. The lowest BCUT2D eigenvalue weighted by atomic mass is 10.2. The molecule has 2 N–H and O–H groups in total. The molecule has 0 saturated carbocycles. The van der Waals surface area contributed by atoms with Gasteiger partial charge < -0.3 is 10.6 Å². The number of amides is 1. The summed E-state index contributed by atoms with van der Waals surface area (Å²) in [7, 11) is 0. The molecule has 3 nitrogen and oxygen atoms in total. The van der Waals surface area contributed by atoms with Crippen LogP contribution in [0.25, 0.3) is 0 Å². The number of halogens is 3. The van der Waals surface area contributed by atoms with Gasteiger partial charge in [0.05, 0.1) is 16.6 Å². The third kappa shape index (κ3) is 4.34. The molecule has 2 aromatic carbocycles. The van der Waals surface area contributed by atoms with Crippen molar-refractivity contribution in [3.8, 4) is 0 Å². The molecule has 0 atom stereocenters. The Labute approximate surface area is 132 Å². The molecule has 0 unspecified atom stereocenters. The highest BCUT2D eigenvalue weighted by Gasteiger charge is 2.08. The summed E-state index contributed by atoms with van der Waals surface area (Å²) in [6, 6.07) is 10.2. The Kier molecular flexibility index (Phi) is 5.04. The van der Waals surface area contributed by atoms with Crippen molar-refractivity contribution in [1.82, 2.24) is 0 Å². The van der Waals surface area contributed by atoms with Crippen molar-refractivity contribution in [2.75, 3.05) is 17.2 Å². The fraction of sp³-hybridized carbons (Fsp3) is 0.133. The summed E-state index contributed by atoms with van der Waals surface area (Å²) in [6.45, 7) is 1.99. The van der Waals surface area contributed by atoms with Gasteiger partial charge in [-0.3, -0.25) is 4.79 Å². The number of rotatable bonds is 4. The van der Waals surface area contributed by atoms with E-state index in [1.165, 1.54) is 12.1 Å². The third-order valence-electron chi connectivity index (χ3n) is 2.77. The number of aryl methyl sites for hydroxylation is 1. The minimum absolute atomic E-state index is 0.0200. The molecule has 0 aliphatic heterocycles. The standard InChI is InChI=1S/C15H13Cl2FN2O/c1-9-2-4-10(5-3-9)20-14(21)8-19-11-6-12(16)15(18)13(17)7-11/h2-7,19H,8H2,1H3,(H,20,21). The van der Waals surface area contributed by atoms with Crippen LogP contribution in [0.2, 0.25) is 10.0 Å². The molecule has 110 valence electrons. The highest BCUT2D eigenvalue weighted by atomic mass is 35.5. The average Bonchev–Trinajstić information content (AvgIpc) is 2.45. The summed E-state index contributed by atoms with van der Waals surface area (Å²) in [4.78, 5) is 11.8. The highest BCUT2D eigenvalue weighted by Crippen LogP contribution is 2.27. The zero-order valence-corrected chi connectivity index (χ0v) is 12.7. The maximum absolute atomic E-state index is 13.3. The number of carbonyl (C=O) groups excluding carboxylic acids is 1. The van der Waals surface area contributed by atoms with Crippen LogP contribution in [0.3, 0.4) is 0 Å². The van der Waals surface area contributed by atoms with Crippen molar-refractivity contribution in [2.24, 2.45) is 0 Å². The van der Waals surface area contributed by atoms with Crippen LogP contribution in [0.1, 0.15) is 5.56 Å². The van der Waals surface area contributed by atoms with E-state index in [9.17, 15) is 9.18 Å². The molecule has 0 radical (unpaired) electrons. The molecule has 21 heavy (non-hydrogen) atoms. The average molecular weight is 327 g/mol. The van der Waals surface area contributed by atoms with E-state index in [1.807, 2.05) is 31.2 Å². The summed E-state index contributed by atoms with van der Waals surface area (Å²) < 4.78 is 13.3.